The van der Waals surface area contributed by atoms with Crippen molar-refractivity contribution in [2.24, 2.45) is 0 Å². The first-order valence-corrected chi connectivity index (χ1v) is 11.0. The van der Waals surface area contributed by atoms with Crippen LogP contribution in [0.5, 0.6) is 0 Å². The van der Waals surface area contributed by atoms with Crippen molar-refractivity contribution in [3.63, 3.8) is 0 Å². The second-order valence-corrected chi connectivity index (χ2v) is 8.40. The predicted molar refractivity (Wildman–Crippen MR) is 121 cm³/mol. The third-order valence-corrected chi connectivity index (χ3v) is 6.59. The zero-order chi connectivity index (χ0) is 21.2. The molecule has 0 aromatic heterocycles. The van der Waals surface area contributed by atoms with Gasteiger partial charge in [-0.2, -0.15) is 0 Å². The molecule has 0 unspecified atom stereocenters. The molecule has 1 fully saturated rings. The van der Waals surface area contributed by atoms with Gasteiger partial charge in [-0.15, -0.1) is 0 Å². The van der Waals surface area contributed by atoms with Crippen molar-refractivity contribution in [2.75, 3.05) is 19.6 Å². The van der Waals surface area contributed by atoms with Crippen LogP contribution in [-0.2, 0) is 16.0 Å². The molecule has 3 aromatic carbocycles. The first-order valence-electron chi connectivity index (χ1n) is 11.0. The van der Waals surface area contributed by atoms with Gasteiger partial charge in [0, 0.05) is 25.4 Å². The molecule has 2 aliphatic heterocycles. The van der Waals surface area contributed by atoms with Gasteiger partial charge in [0.2, 0.25) is 11.8 Å². The molecule has 0 aliphatic carbocycles. The number of fused-ring (bicyclic) bond motifs is 3. The SMILES string of the molecule is O=C(CC(c1ccccc1)c1ccccc1)N1CC(=O)N2CCc3ccccc3[C@H]2C1. The van der Waals surface area contributed by atoms with Crippen LogP contribution in [0.1, 0.15) is 40.6 Å². The average Bonchev–Trinajstić information content (AvgIpc) is 2.83. The number of hydrogen-bond acceptors (Lipinski definition) is 2. The van der Waals surface area contributed by atoms with Crippen LogP contribution in [0.2, 0.25) is 0 Å². The minimum atomic E-state index is -0.0398. The zero-order valence-corrected chi connectivity index (χ0v) is 17.5. The molecule has 2 aliphatic rings. The molecule has 1 atom stereocenters. The van der Waals surface area contributed by atoms with E-state index >= 15 is 0 Å². The number of hydrogen-bond donors (Lipinski definition) is 0. The summed E-state index contributed by atoms with van der Waals surface area (Å²) in [6, 6.07) is 28.6. The zero-order valence-electron chi connectivity index (χ0n) is 17.5. The van der Waals surface area contributed by atoms with Gasteiger partial charge >= 0.3 is 0 Å². The first kappa shape index (κ1) is 19.6. The standard InChI is InChI=1S/C27H26N2O2/c30-26(17-24(20-9-3-1-4-10-20)21-11-5-2-6-12-21)28-18-25-23-14-8-7-13-22(23)15-16-29(25)27(31)19-28/h1-14,24-25H,15-19H2/t25-/m1/s1. The lowest BCUT2D eigenvalue weighted by Gasteiger charge is -2.44. The third-order valence-electron chi connectivity index (χ3n) is 6.59. The van der Waals surface area contributed by atoms with Crippen LogP contribution in [0.15, 0.2) is 84.9 Å². The van der Waals surface area contributed by atoms with Crippen molar-refractivity contribution in [3.05, 3.63) is 107 Å². The lowest BCUT2D eigenvalue weighted by atomic mass is 9.87. The minimum absolute atomic E-state index is 0.0262. The minimum Gasteiger partial charge on any atom is -0.332 e. The molecule has 0 radical (unpaired) electrons. The summed E-state index contributed by atoms with van der Waals surface area (Å²) in [6.45, 7) is 1.48. The van der Waals surface area contributed by atoms with Crippen LogP contribution in [0.4, 0.5) is 0 Å². The Hall–Kier alpha value is -3.40. The largest absolute Gasteiger partial charge is 0.332 e. The van der Waals surface area contributed by atoms with Gasteiger partial charge < -0.3 is 9.80 Å². The van der Waals surface area contributed by atoms with E-state index < -0.39 is 0 Å². The predicted octanol–water partition coefficient (Wildman–Crippen LogP) is 4.18. The van der Waals surface area contributed by atoms with Gasteiger partial charge in [0.15, 0.2) is 0 Å². The number of rotatable bonds is 4. The summed E-state index contributed by atoms with van der Waals surface area (Å²) in [4.78, 5) is 30.1. The second kappa shape index (κ2) is 8.38. The lowest BCUT2D eigenvalue weighted by molar-refractivity contribution is -0.149. The van der Waals surface area contributed by atoms with E-state index in [4.69, 9.17) is 0 Å². The molecular formula is C27H26N2O2. The van der Waals surface area contributed by atoms with E-state index in [2.05, 4.69) is 36.4 Å². The maximum atomic E-state index is 13.4. The molecule has 1 saturated heterocycles. The van der Waals surface area contributed by atoms with E-state index in [0.29, 0.717) is 13.0 Å². The second-order valence-electron chi connectivity index (χ2n) is 8.40. The Balaban J connectivity index is 1.40. The monoisotopic (exact) mass is 410 g/mol. The van der Waals surface area contributed by atoms with Gasteiger partial charge in [-0.3, -0.25) is 9.59 Å². The van der Waals surface area contributed by atoms with E-state index in [1.54, 1.807) is 4.90 Å². The van der Waals surface area contributed by atoms with Gasteiger partial charge in [-0.05, 0) is 28.7 Å². The Morgan fingerprint density at radius 2 is 1.48 bits per heavy atom. The average molecular weight is 411 g/mol. The van der Waals surface area contributed by atoms with E-state index in [0.717, 1.165) is 24.1 Å². The number of carbonyl (C=O) groups is 2. The summed E-state index contributed by atoms with van der Waals surface area (Å²) in [7, 11) is 0. The van der Waals surface area contributed by atoms with E-state index in [9.17, 15) is 9.59 Å². The van der Waals surface area contributed by atoms with E-state index in [1.807, 2.05) is 53.4 Å². The quantitative estimate of drug-likeness (QED) is 0.648. The Morgan fingerprint density at radius 3 is 2.16 bits per heavy atom. The van der Waals surface area contributed by atoms with Crippen molar-refractivity contribution in [1.82, 2.24) is 9.80 Å². The summed E-state index contributed by atoms with van der Waals surface area (Å²) in [5.74, 6) is 0.0607. The normalized spacial score (nSPS) is 18.0. The Bertz CT molecular complexity index is 1040. The van der Waals surface area contributed by atoms with Crippen LogP contribution in [0.3, 0.4) is 0 Å². The number of carbonyl (C=O) groups excluding carboxylic acids is 2. The van der Waals surface area contributed by atoms with Crippen molar-refractivity contribution in [2.45, 2.75) is 24.8 Å². The maximum absolute atomic E-state index is 13.4. The fourth-order valence-corrected chi connectivity index (χ4v) is 4.97. The molecule has 3 aromatic rings. The van der Waals surface area contributed by atoms with Gasteiger partial charge in [-0.1, -0.05) is 84.9 Å². The number of amides is 2. The molecule has 4 heteroatoms. The molecule has 0 saturated carbocycles. The van der Waals surface area contributed by atoms with E-state index in [1.165, 1.54) is 11.1 Å². The summed E-state index contributed by atoms with van der Waals surface area (Å²) >= 11 is 0. The fraction of sp³-hybridized carbons (Fsp3) is 0.259. The van der Waals surface area contributed by atoms with Gasteiger partial charge in [0.25, 0.3) is 0 Å². The first-order chi connectivity index (χ1) is 15.2. The highest BCUT2D eigenvalue weighted by Gasteiger charge is 2.38. The van der Waals surface area contributed by atoms with Crippen LogP contribution in [0, 0.1) is 0 Å². The van der Waals surface area contributed by atoms with Gasteiger partial charge in [0.1, 0.15) is 0 Å². The van der Waals surface area contributed by atoms with Crippen LogP contribution in [-0.4, -0.2) is 41.2 Å². The Kier molecular flexibility index (Phi) is 5.29. The highest BCUT2D eigenvalue weighted by atomic mass is 16.2. The number of benzene rings is 3. The van der Waals surface area contributed by atoms with Crippen molar-refractivity contribution in [3.8, 4) is 0 Å². The smallest absolute Gasteiger partial charge is 0.242 e. The fourth-order valence-electron chi connectivity index (χ4n) is 4.97. The summed E-state index contributed by atoms with van der Waals surface area (Å²) in [5, 5.41) is 0. The number of nitrogens with zero attached hydrogens (tertiary/aromatic N) is 2. The molecule has 4 nitrogen and oxygen atoms in total. The highest BCUT2D eigenvalue weighted by Crippen LogP contribution is 2.34. The Labute approximate surface area is 183 Å². The molecular weight excluding hydrogens is 384 g/mol. The lowest BCUT2D eigenvalue weighted by Crippen LogP contribution is -2.55. The van der Waals surface area contributed by atoms with Crippen LogP contribution in [0.25, 0.3) is 0 Å². The summed E-state index contributed by atoms with van der Waals surface area (Å²) in [5.41, 5.74) is 4.71. The third kappa shape index (κ3) is 3.86. The molecule has 0 bridgehead atoms. The Morgan fingerprint density at radius 1 is 0.871 bits per heavy atom. The highest BCUT2D eigenvalue weighted by molar-refractivity contribution is 5.87. The maximum Gasteiger partial charge on any atom is 0.242 e. The van der Waals surface area contributed by atoms with Gasteiger partial charge in [-0.25, -0.2) is 0 Å². The number of piperazine rings is 1. The molecule has 0 spiro atoms. The topological polar surface area (TPSA) is 40.6 Å². The van der Waals surface area contributed by atoms with Crippen molar-refractivity contribution in [1.29, 1.82) is 0 Å². The van der Waals surface area contributed by atoms with Crippen molar-refractivity contribution < 1.29 is 9.59 Å². The molecule has 2 amide bonds. The molecule has 5 rings (SSSR count). The summed E-state index contributed by atoms with van der Waals surface area (Å²) < 4.78 is 0. The molecule has 0 N–H and O–H groups in total. The van der Waals surface area contributed by atoms with Crippen molar-refractivity contribution >= 4 is 11.8 Å². The van der Waals surface area contributed by atoms with Crippen LogP contribution < -0.4 is 0 Å². The summed E-state index contributed by atoms with van der Waals surface area (Å²) in [6.07, 6.45) is 1.24. The van der Waals surface area contributed by atoms with Gasteiger partial charge in [0.05, 0.1) is 12.6 Å². The van der Waals surface area contributed by atoms with E-state index in [-0.39, 0.29) is 30.3 Å². The van der Waals surface area contributed by atoms with Crippen LogP contribution >= 0.6 is 0 Å². The molecule has 156 valence electrons. The molecule has 2 heterocycles. The molecule has 31 heavy (non-hydrogen) atoms.